The molecule has 7 nitrogen and oxygen atoms in total. The van der Waals surface area contributed by atoms with Crippen LogP contribution in [0.4, 0.5) is 4.79 Å². The first-order chi connectivity index (χ1) is 10.1. The first-order valence-corrected chi connectivity index (χ1v) is 6.75. The number of aliphatic hydroxyl groups is 2. The van der Waals surface area contributed by atoms with Gasteiger partial charge in [0.1, 0.15) is 29.8 Å². The van der Waals surface area contributed by atoms with Crippen LogP contribution in [0.2, 0.25) is 0 Å². The van der Waals surface area contributed by atoms with Crippen LogP contribution in [0.1, 0.15) is 42.8 Å². The lowest BCUT2D eigenvalue weighted by molar-refractivity contribution is 0.0119. The van der Waals surface area contributed by atoms with E-state index in [0.717, 1.165) is 0 Å². The second-order valence-electron chi connectivity index (χ2n) is 5.83. The van der Waals surface area contributed by atoms with Gasteiger partial charge in [0.2, 0.25) is 0 Å². The molecule has 0 saturated carbocycles. The van der Waals surface area contributed by atoms with Gasteiger partial charge in [0, 0.05) is 17.7 Å². The van der Waals surface area contributed by atoms with Crippen molar-refractivity contribution in [3.05, 3.63) is 29.3 Å². The molecule has 1 rings (SSSR count). The lowest BCUT2D eigenvalue weighted by Gasteiger charge is -2.22. The Labute approximate surface area is 128 Å². The highest BCUT2D eigenvalue weighted by Crippen LogP contribution is 2.27. The lowest BCUT2D eigenvalue weighted by Crippen LogP contribution is -2.38. The van der Waals surface area contributed by atoms with Gasteiger partial charge in [0.05, 0.1) is 0 Å². The summed E-state index contributed by atoms with van der Waals surface area (Å²) in [6.07, 6.45) is -3.01. The summed E-state index contributed by atoms with van der Waals surface area (Å²) in [5.74, 6) is -0.255. The van der Waals surface area contributed by atoms with E-state index in [-0.39, 0.29) is 23.4 Å². The zero-order valence-electron chi connectivity index (χ0n) is 12.7. The molecule has 0 aliphatic carbocycles. The number of amides is 1. The van der Waals surface area contributed by atoms with E-state index in [2.05, 4.69) is 5.32 Å². The Morgan fingerprint density at radius 3 is 2.55 bits per heavy atom. The first kappa shape index (κ1) is 17.9. The van der Waals surface area contributed by atoms with Crippen LogP contribution in [0, 0.1) is 0 Å². The molecule has 1 aromatic rings. The fourth-order valence-electron chi connectivity index (χ4n) is 1.70. The number of hydrogen-bond acceptors (Lipinski definition) is 6. The topological polar surface area (TPSA) is 116 Å². The van der Waals surface area contributed by atoms with Crippen molar-refractivity contribution in [2.24, 2.45) is 0 Å². The molecular formula is C15H21NO6. The van der Waals surface area contributed by atoms with Crippen molar-refractivity contribution in [3.63, 3.8) is 0 Å². The Morgan fingerprint density at radius 2 is 2.00 bits per heavy atom. The summed E-state index contributed by atoms with van der Waals surface area (Å²) in [7, 11) is 0. The molecular weight excluding hydrogens is 290 g/mol. The summed E-state index contributed by atoms with van der Waals surface area (Å²) in [6, 6.07) is 3.89. The Hall–Kier alpha value is -2.12. The number of aromatic hydroxyl groups is 1. The molecule has 0 spiro atoms. The molecule has 0 aromatic heterocycles. The number of alkyl carbamates (subject to hydrolysis) is 1. The average Bonchev–Trinajstić information content (AvgIpc) is 2.42. The maximum absolute atomic E-state index is 11.5. The number of carbonyl (C=O) groups excluding carboxylic acids is 2. The van der Waals surface area contributed by atoms with Gasteiger partial charge in [-0.25, -0.2) is 4.79 Å². The van der Waals surface area contributed by atoms with Crippen LogP contribution in [0.3, 0.4) is 0 Å². The molecule has 0 aliphatic rings. The van der Waals surface area contributed by atoms with Gasteiger partial charge in [-0.3, -0.25) is 4.79 Å². The predicted octanol–water partition coefficient (Wildman–Crippen LogP) is 1.12. The van der Waals surface area contributed by atoms with Crippen LogP contribution < -0.4 is 5.32 Å². The molecule has 2 atom stereocenters. The number of aliphatic hydroxyl groups excluding tert-OH is 2. The monoisotopic (exact) mass is 311 g/mol. The summed E-state index contributed by atoms with van der Waals surface area (Å²) in [4.78, 5) is 22.2. The van der Waals surface area contributed by atoms with E-state index in [1.54, 1.807) is 20.8 Å². The summed E-state index contributed by atoms with van der Waals surface area (Å²) >= 11 is 0. The average molecular weight is 311 g/mol. The van der Waals surface area contributed by atoms with Gasteiger partial charge in [-0.1, -0.05) is 0 Å². The zero-order chi connectivity index (χ0) is 16.9. The number of rotatable bonds is 5. The number of phenols is 1. The minimum Gasteiger partial charge on any atom is -0.508 e. The van der Waals surface area contributed by atoms with Gasteiger partial charge in [0.15, 0.2) is 0 Å². The number of phenolic OH excluding ortho intramolecular Hbond substituents is 1. The Bertz CT molecular complexity index is 537. The minimum absolute atomic E-state index is 0.00286. The van der Waals surface area contributed by atoms with Gasteiger partial charge in [-0.05, 0) is 39.0 Å². The fourth-order valence-corrected chi connectivity index (χ4v) is 1.70. The van der Waals surface area contributed by atoms with Crippen LogP contribution in [0.25, 0.3) is 0 Å². The smallest absolute Gasteiger partial charge is 0.407 e. The third-order valence-corrected chi connectivity index (χ3v) is 2.73. The van der Waals surface area contributed by atoms with Crippen molar-refractivity contribution in [3.8, 4) is 5.75 Å². The molecule has 1 aromatic carbocycles. The van der Waals surface area contributed by atoms with Crippen molar-refractivity contribution in [1.82, 2.24) is 5.32 Å². The normalized spacial score (nSPS) is 14.0. The standard InChI is InChI=1S/C15H21NO6/c1-15(2,3)22-14(21)16-7-12(19)13(20)10-6-9(8-17)4-5-11(10)18/h4-6,8,12-13,18-20H,7H2,1-3H3,(H,16,21). The van der Waals surface area contributed by atoms with Gasteiger partial charge in [0.25, 0.3) is 0 Å². The van der Waals surface area contributed by atoms with Crippen molar-refractivity contribution in [1.29, 1.82) is 0 Å². The van der Waals surface area contributed by atoms with E-state index in [1.807, 2.05) is 0 Å². The van der Waals surface area contributed by atoms with Crippen LogP contribution in [-0.2, 0) is 4.74 Å². The van der Waals surface area contributed by atoms with Crippen LogP contribution in [0.5, 0.6) is 5.75 Å². The molecule has 0 fully saturated rings. The molecule has 122 valence electrons. The van der Waals surface area contributed by atoms with E-state index in [0.29, 0.717) is 6.29 Å². The van der Waals surface area contributed by atoms with Gasteiger partial charge in [-0.15, -0.1) is 0 Å². The Morgan fingerprint density at radius 1 is 1.36 bits per heavy atom. The van der Waals surface area contributed by atoms with Crippen molar-refractivity contribution < 1.29 is 29.6 Å². The summed E-state index contributed by atoms with van der Waals surface area (Å²) in [5, 5.41) is 31.9. The Kier molecular flexibility index (Phi) is 5.90. The third-order valence-electron chi connectivity index (χ3n) is 2.73. The quantitative estimate of drug-likeness (QED) is 0.606. The van der Waals surface area contributed by atoms with Crippen LogP contribution in [0.15, 0.2) is 18.2 Å². The molecule has 0 saturated heterocycles. The zero-order valence-corrected chi connectivity index (χ0v) is 12.7. The van der Waals surface area contributed by atoms with Crippen LogP contribution >= 0.6 is 0 Å². The van der Waals surface area contributed by atoms with Gasteiger partial charge >= 0.3 is 6.09 Å². The highest BCUT2D eigenvalue weighted by Gasteiger charge is 2.23. The lowest BCUT2D eigenvalue weighted by atomic mass is 10.0. The molecule has 0 radical (unpaired) electrons. The maximum Gasteiger partial charge on any atom is 0.407 e. The highest BCUT2D eigenvalue weighted by atomic mass is 16.6. The number of carbonyl (C=O) groups is 2. The largest absolute Gasteiger partial charge is 0.508 e. The maximum atomic E-state index is 11.5. The minimum atomic E-state index is -1.46. The third kappa shape index (κ3) is 5.34. The number of nitrogens with one attached hydrogen (secondary N) is 1. The van der Waals surface area contributed by atoms with Gasteiger partial charge < -0.3 is 25.4 Å². The first-order valence-electron chi connectivity index (χ1n) is 6.75. The van der Waals surface area contributed by atoms with E-state index in [1.165, 1.54) is 18.2 Å². The summed E-state index contributed by atoms with van der Waals surface area (Å²) in [5.41, 5.74) is -0.424. The second kappa shape index (κ2) is 7.24. The van der Waals surface area contributed by atoms with Crippen molar-refractivity contribution in [2.75, 3.05) is 6.54 Å². The van der Waals surface area contributed by atoms with E-state index >= 15 is 0 Å². The molecule has 1 amide bonds. The predicted molar refractivity (Wildman–Crippen MR) is 78.7 cm³/mol. The SMILES string of the molecule is CC(C)(C)OC(=O)NCC(O)C(O)c1cc(C=O)ccc1O. The van der Waals surface area contributed by atoms with Crippen LogP contribution in [-0.4, -0.2) is 45.9 Å². The number of ether oxygens (including phenoxy) is 1. The van der Waals surface area contributed by atoms with E-state index in [4.69, 9.17) is 4.74 Å². The summed E-state index contributed by atoms with van der Waals surface area (Å²) in [6.45, 7) is 4.81. The number of benzene rings is 1. The van der Waals surface area contributed by atoms with Gasteiger partial charge in [-0.2, -0.15) is 0 Å². The molecule has 0 heterocycles. The van der Waals surface area contributed by atoms with E-state index in [9.17, 15) is 24.9 Å². The molecule has 0 aliphatic heterocycles. The summed E-state index contributed by atoms with van der Waals surface area (Å²) < 4.78 is 5.00. The number of hydrogen-bond donors (Lipinski definition) is 4. The van der Waals surface area contributed by atoms with E-state index < -0.39 is 23.9 Å². The molecule has 7 heteroatoms. The number of aldehydes is 1. The fraction of sp³-hybridized carbons (Fsp3) is 0.467. The Balaban J connectivity index is 2.67. The highest BCUT2D eigenvalue weighted by molar-refractivity contribution is 5.75. The molecule has 4 N–H and O–H groups in total. The second-order valence-corrected chi connectivity index (χ2v) is 5.83. The molecule has 0 bridgehead atoms. The van der Waals surface area contributed by atoms with Crippen molar-refractivity contribution in [2.45, 2.75) is 38.6 Å². The molecule has 2 unspecified atom stereocenters. The molecule has 22 heavy (non-hydrogen) atoms. The van der Waals surface area contributed by atoms with Crippen molar-refractivity contribution >= 4 is 12.4 Å².